The molecule has 1 rings (SSSR count). The molecular formula is C13H18N2O2S. The van der Waals surface area contributed by atoms with E-state index in [1.807, 2.05) is 6.92 Å². The van der Waals surface area contributed by atoms with Crippen LogP contribution in [0.4, 0.5) is 5.69 Å². The predicted molar refractivity (Wildman–Crippen MR) is 72.1 cm³/mol. The van der Waals surface area contributed by atoms with Crippen LogP contribution in [0.1, 0.15) is 20.3 Å². The van der Waals surface area contributed by atoms with Crippen LogP contribution in [0.3, 0.4) is 0 Å². The lowest BCUT2D eigenvalue weighted by atomic mass is 10.1. The number of benzene rings is 1. The first-order chi connectivity index (χ1) is 8.53. The highest BCUT2D eigenvalue weighted by molar-refractivity contribution is 7.91. The molecule has 0 aliphatic rings. The fourth-order valence-electron chi connectivity index (χ4n) is 1.47. The number of hydrogen-bond acceptors (Lipinski definition) is 4. The first-order valence-electron chi connectivity index (χ1n) is 5.99. The molecule has 0 amide bonds. The third kappa shape index (κ3) is 3.74. The predicted octanol–water partition coefficient (Wildman–Crippen LogP) is 2.44. The van der Waals surface area contributed by atoms with E-state index in [9.17, 15) is 8.42 Å². The number of hydrogen-bond donors (Lipinski definition) is 1. The summed E-state index contributed by atoms with van der Waals surface area (Å²) >= 11 is 0. The highest BCUT2D eigenvalue weighted by atomic mass is 32.2. The van der Waals surface area contributed by atoms with Gasteiger partial charge in [0.2, 0.25) is 0 Å². The Balaban J connectivity index is 2.70. The molecule has 0 heterocycles. The van der Waals surface area contributed by atoms with Gasteiger partial charge in [-0.05, 0) is 30.7 Å². The van der Waals surface area contributed by atoms with Crippen molar-refractivity contribution in [3.8, 4) is 6.07 Å². The molecule has 5 heteroatoms. The van der Waals surface area contributed by atoms with Gasteiger partial charge in [-0.2, -0.15) is 5.26 Å². The van der Waals surface area contributed by atoms with Gasteiger partial charge in [-0.15, -0.1) is 0 Å². The Hall–Kier alpha value is -1.54. The second kappa shape index (κ2) is 6.41. The van der Waals surface area contributed by atoms with E-state index < -0.39 is 9.84 Å². The van der Waals surface area contributed by atoms with E-state index in [4.69, 9.17) is 5.26 Å². The zero-order valence-electron chi connectivity index (χ0n) is 10.7. The topological polar surface area (TPSA) is 70.0 Å². The average Bonchev–Trinajstić information content (AvgIpc) is 2.40. The zero-order valence-corrected chi connectivity index (χ0v) is 11.5. The number of nitrogens with zero attached hydrogens (tertiary/aromatic N) is 1. The largest absolute Gasteiger partial charge is 0.384 e. The zero-order chi connectivity index (χ0) is 13.6. The maximum Gasteiger partial charge on any atom is 0.178 e. The van der Waals surface area contributed by atoms with E-state index in [0.29, 0.717) is 11.4 Å². The minimum Gasteiger partial charge on any atom is -0.384 e. The Bertz CT molecular complexity index is 515. The SMILES string of the molecule is CCC(C#N)CNc1ccc(S(=O)(=O)CC)cc1. The molecule has 1 unspecified atom stereocenters. The van der Waals surface area contributed by atoms with Gasteiger partial charge in [0.25, 0.3) is 0 Å². The molecule has 18 heavy (non-hydrogen) atoms. The van der Waals surface area contributed by atoms with E-state index in [1.165, 1.54) is 0 Å². The second-order valence-corrected chi connectivity index (χ2v) is 6.32. The highest BCUT2D eigenvalue weighted by Crippen LogP contribution is 2.15. The standard InChI is InChI=1S/C13H18N2O2S/c1-3-11(9-14)10-15-12-5-7-13(8-6-12)18(16,17)4-2/h5-8,11,15H,3-4,10H2,1-2H3. The lowest BCUT2D eigenvalue weighted by molar-refractivity contribution is 0.597. The second-order valence-electron chi connectivity index (χ2n) is 4.04. The van der Waals surface area contributed by atoms with Crippen molar-refractivity contribution in [3.63, 3.8) is 0 Å². The van der Waals surface area contributed by atoms with Crippen LogP contribution in [0, 0.1) is 17.2 Å². The lowest BCUT2D eigenvalue weighted by Crippen LogP contribution is -2.11. The Morgan fingerprint density at radius 1 is 1.28 bits per heavy atom. The number of anilines is 1. The van der Waals surface area contributed by atoms with Crippen molar-refractivity contribution in [1.82, 2.24) is 0 Å². The van der Waals surface area contributed by atoms with Crippen LogP contribution in [-0.2, 0) is 9.84 Å². The summed E-state index contributed by atoms with van der Waals surface area (Å²) in [6.07, 6.45) is 0.797. The van der Waals surface area contributed by atoms with Crippen LogP contribution in [0.15, 0.2) is 29.2 Å². The number of sulfone groups is 1. The lowest BCUT2D eigenvalue weighted by Gasteiger charge is -2.10. The van der Waals surface area contributed by atoms with Crippen molar-refractivity contribution in [2.24, 2.45) is 5.92 Å². The summed E-state index contributed by atoms with van der Waals surface area (Å²) in [4.78, 5) is 0.336. The minimum absolute atomic E-state index is 0.0240. The molecular weight excluding hydrogens is 248 g/mol. The van der Waals surface area contributed by atoms with Gasteiger partial charge < -0.3 is 5.32 Å². The molecule has 1 aromatic rings. The van der Waals surface area contributed by atoms with Crippen LogP contribution >= 0.6 is 0 Å². The Morgan fingerprint density at radius 2 is 1.89 bits per heavy atom. The maximum absolute atomic E-state index is 11.6. The van der Waals surface area contributed by atoms with Gasteiger partial charge in [-0.1, -0.05) is 13.8 Å². The van der Waals surface area contributed by atoms with Crippen molar-refractivity contribution < 1.29 is 8.42 Å². The molecule has 0 aliphatic heterocycles. The van der Waals surface area contributed by atoms with Crippen molar-refractivity contribution in [1.29, 1.82) is 5.26 Å². The molecule has 1 aromatic carbocycles. The van der Waals surface area contributed by atoms with E-state index in [0.717, 1.165) is 12.1 Å². The molecule has 0 spiro atoms. The van der Waals surface area contributed by atoms with Gasteiger partial charge in [0, 0.05) is 12.2 Å². The third-order valence-electron chi connectivity index (χ3n) is 2.82. The Kier molecular flexibility index (Phi) is 5.17. The van der Waals surface area contributed by atoms with Crippen LogP contribution in [0.5, 0.6) is 0 Å². The summed E-state index contributed by atoms with van der Waals surface area (Å²) in [7, 11) is -3.14. The quantitative estimate of drug-likeness (QED) is 0.858. The third-order valence-corrected chi connectivity index (χ3v) is 4.57. The molecule has 0 bridgehead atoms. The van der Waals surface area contributed by atoms with E-state index in [1.54, 1.807) is 31.2 Å². The molecule has 1 atom stereocenters. The Morgan fingerprint density at radius 3 is 2.33 bits per heavy atom. The molecule has 0 aromatic heterocycles. The van der Waals surface area contributed by atoms with Crippen LogP contribution < -0.4 is 5.32 Å². The van der Waals surface area contributed by atoms with Crippen LogP contribution in [0.25, 0.3) is 0 Å². The average molecular weight is 266 g/mol. The van der Waals surface area contributed by atoms with Gasteiger partial charge in [0.15, 0.2) is 9.84 Å². The molecule has 0 saturated carbocycles. The monoisotopic (exact) mass is 266 g/mol. The smallest absolute Gasteiger partial charge is 0.178 e. The van der Waals surface area contributed by atoms with E-state index in [2.05, 4.69) is 11.4 Å². The van der Waals surface area contributed by atoms with Crippen molar-refractivity contribution >= 4 is 15.5 Å². The number of nitriles is 1. The summed E-state index contributed by atoms with van der Waals surface area (Å²) in [6.45, 7) is 4.17. The number of rotatable bonds is 6. The minimum atomic E-state index is -3.14. The fourth-order valence-corrected chi connectivity index (χ4v) is 2.35. The molecule has 0 fully saturated rings. The molecule has 0 radical (unpaired) electrons. The highest BCUT2D eigenvalue weighted by Gasteiger charge is 2.10. The molecule has 0 saturated heterocycles. The first-order valence-corrected chi connectivity index (χ1v) is 7.65. The first kappa shape index (κ1) is 14.5. The van der Waals surface area contributed by atoms with Crippen molar-refractivity contribution in [2.75, 3.05) is 17.6 Å². The van der Waals surface area contributed by atoms with Crippen molar-refractivity contribution in [2.45, 2.75) is 25.2 Å². The molecule has 4 nitrogen and oxygen atoms in total. The normalized spacial score (nSPS) is 12.7. The summed E-state index contributed by atoms with van der Waals surface area (Å²) in [5, 5.41) is 11.9. The molecule has 98 valence electrons. The van der Waals surface area contributed by atoms with Crippen molar-refractivity contribution in [3.05, 3.63) is 24.3 Å². The van der Waals surface area contributed by atoms with Gasteiger partial charge in [0.1, 0.15) is 0 Å². The summed E-state index contributed by atoms with van der Waals surface area (Å²) < 4.78 is 23.2. The summed E-state index contributed by atoms with van der Waals surface area (Å²) in [5.74, 6) is 0.0793. The molecule has 0 aliphatic carbocycles. The maximum atomic E-state index is 11.6. The van der Waals surface area contributed by atoms with Gasteiger partial charge >= 0.3 is 0 Å². The summed E-state index contributed by atoms with van der Waals surface area (Å²) in [6, 6.07) is 8.85. The van der Waals surface area contributed by atoms with E-state index in [-0.39, 0.29) is 11.7 Å². The molecule has 1 N–H and O–H groups in total. The van der Waals surface area contributed by atoms with Gasteiger partial charge in [0.05, 0.1) is 22.6 Å². The summed E-state index contributed by atoms with van der Waals surface area (Å²) in [5.41, 5.74) is 0.832. The van der Waals surface area contributed by atoms with Gasteiger partial charge in [-0.3, -0.25) is 0 Å². The Labute approximate surface area is 109 Å². The van der Waals surface area contributed by atoms with Crippen LogP contribution in [0.2, 0.25) is 0 Å². The fraction of sp³-hybridized carbons (Fsp3) is 0.462. The van der Waals surface area contributed by atoms with Gasteiger partial charge in [-0.25, -0.2) is 8.42 Å². The van der Waals surface area contributed by atoms with E-state index >= 15 is 0 Å². The number of nitrogens with one attached hydrogen (secondary N) is 1. The van der Waals surface area contributed by atoms with Crippen LogP contribution in [-0.4, -0.2) is 20.7 Å².